The van der Waals surface area contributed by atoms with Gasteiger partial charge < -0.3 is 14.5 Å². The monoisotopic (exact) mass is 586 g/mol. The number of amides is 1. The first-order chi connectivity index (χ1) is 20.2. The number of ether oxygens (including phenoxy) is 1. The summed E-state index contributed by atoms with van der Waals surface area (Å²) in [6, 6.07) is 8.16. The van der Waals surface area contributed by atoms with Crippen molar-refractivity contribution in [2.75, 3.05) is 24.5 Å². The van der Waals surface area contributed by atoms with E-state index in [1.165, 1.54) is 11.1 Å². The summed E-state index contributed by atoms with van der Waals surface area (Å²) in [5, 5.41) is 14.9. The van der Waals surface area contributed by atoms with Crippen LogP contribution in [0.2, 0.25) is 0 Å². The van der Waals surface area contributed by atoms with Gasteiger partial charge >= 0.3 is 6.01 Å². The van der Waals surface area contributed by atoms with Crippen molar-refractivity contribution in [3.8, 4) is 11.8 Å². The van der Waals surface area contributed by atoms with Crippen LogP contribution in [0.25, 0.3) is 0 Å². The fourth-order valence-electron chi connectivity index (χ4n) is 6.09. The van der Waals surface area contributed by atoms with E-state index in [-0.39, 0.29) is 29.3 Å². The number of carbonyl (C=O) groups excluding carboxylic acids is 1. The van der Waals surface area contributed by atoms with E-state index >= 15 is 0 Å². The Hall–Kier alpha value is -3.72. The first kappa shape index (κ1) is 32.2. The van der Waals surface area contributed by atoms with Gasteiger partial charge in [-0.15, -0.1) is 0 Å². The molecule has 1 saturated heterocycles. The van der Waals surface area contributed by atoms with E-state index in [2.05, 4.69) is 73.0 Å². The molecular weight excluding hydrogens is 540 g/mol. The fourth-order valence-corrected chi connectivity index (χ4v) is 6.09. The second-order valence-corrected chi connectivity index (χ2v) is 13.4. The van der Waals surface area contributed by atoms with Gasteiger partial charge in [-0.3, -0.25) is 15.2 Å². The van der Waals surface area contributed by atoms with Gasteiger partial charge in [0.2, 0.25) is 18.2 Å². The number of aromatic nitrogens is 3. The maximum atomic E-state index is 13.2. The smallest absolute Gasteiger partial charge is 0.327 e. The van der Waals surface area contributed by atoms with Gasteiger partial charge in [0.15, 0.2) is 5.76 Å². The zero-order valence-corrected chi connectivity index (χ0v) is 26.9. The van der Waals surface area contributed by atoms with Crippen LogP contribution in [0.4, 0.5) is 5.95 Å². The molecule has 0 bridgehead atoms. The van der Waals surface area contributed by atoms with Crippen molar-refractivity contribution in [3.63, 3.8) is 0 Å². The van der Waals surface area contributed by atoms with Gasteiger partial charge in [-0.05, 0) is 102 Å². The van der Waals surface area contributed by atoms with Crippen molar-refractivity contribution in [1.82, 2.24) is 25.2 Å². The highest BCUT2D eigenvalue weighted by Crippen LogP contribution is 2.26. The van der Waals surface area contributed by atoms with Gasteiger partial charge in [0.1, 0.15) is 5.75 Å². The summed E-state index contributed by atoms with van der Waals surface area (Å²) in [5.74, 6) is 1.73. The Bertz CT molecular complexity index is 1380. The van der Waals surface area contributed by atoms with E-state index in [1.807, 2.05) is 49.1 Å². The van der Waals surface area contributed by atoms with Gasteiger partial charge in [0, 0.05) is 31.2 Å². The Kier molecular flexibility index (Phi) is 9.95. The van der Waals surface area contributed by atoms with Crippen molar-refractivity contribution in [3.05, 3.63) is 71.3 Å². The van der Waals surface area contributed by atoms with Crippen LogP contribution in [-0.4, -0.2) is 62.5 Å². The third-order valence-corrected chi connectivity index (χ3v) is 7.88. The Labute approximate surface area is 256 Å². The SMILES string of the molecule is CC(Cc1ccc(Oc2n[c]nc(N(CCN3CC(C)(C)NC(C)(C)C3=O)C(C)CC(C)C)n2)cc1)=C1C=CC([O])=CC1. The molecule has 9 heteroatoms. The first-order valence-electron chi connectivity index (χ1n) is 15.2. The maximum absolute atomic E-state index is 13.2. The summed E-state index contributed by atoms with van der Waals surface area (Å²) < 4.78 is 6.03. The first-order valence-corrected chi connectivity index (χ1v) is 15.2. The van der Waals surface area contributed by atoms with E-state index in [0.29, 0.717) is 43.7 Å². The van der Waals surface area contributed by atoms with Crippen molar-refractivity contribution in [2.45, 2.75) is 91.8 Å². The van der Waals surface area contributed by atoms with E-state index in [9.17, 15) is 9.90 Å². The lowest BCUT2D eigenvalue weighted by molar-refractivity contribution is -0.143. The fraction of sp³-hybridized carbons (Fsp3) is 0.529. The molecule has 1 N–H and O–H groups in total. The number of hydrogen-bond acceptors (Lipinski definition) is 7. The van der Waals surface area contributed by atoms with Crippen LogP contribution in [0.5, 0.6) is 11.8 Å². The molecular formula is C34H46N6O3. The molecule has 2 aromatic rings. The average molecular weight is 587 g/mol. The Morgan fingerprint density at radius 1 is 1.12 bits per heavy atom. The predicted molar refractivity (Wildman–Crippen MR) is 168 cm³/mol. The molecule has 9 nitrogen and oxygen atoms in total. The van der Waals surface area contributed by atoms with E-state index < -0.39 is 5.54 Å². The zero-order valence-electron chi connectivity index (χ0n) is 26.9. The van der Waals surface area contributed by atoms with Gasteiger partial charge in [-0.1, -0.05) is 37.6 Å². The second-order valence-electron chi connectivity index (χ2n) is 13.4. The van der Waals surface area contributed by atoms with Gasteiger partial charge in [0.05, 0.1) is 5.54 Å². The van der Waals surface area contributed by atoms with Gasteiger partial charge in [-0.2, -0.15) is 15.0 Å². The van der Waals surface area contributed by atoms with Crippen molar-refractivity contribution >= 4 is 11.9 Å². The molecule has 4 rings (SSSR count). The summed E-state index contributed by atoms with van der Waals surface area (Å²) in [5.41, 5.74) is 2.74. The molecule has 1 unspecified atom stereocenters. The molecule has 1 fully saturated rings. The quantitative estimate of drug-likeness (QED) is 0.354. The number of allylic oxidation sites excluding steroid dienone is 5. The molecule has 1 aromatic carbocycles. The van der Waals surface area contributed by atoms with Crippen LogP contribution < -0.4 is 15.0 Å². The number of rotatable bonds is 11. The summed E-state index contributed by atoms with van der Waals surface area (Å²) in [4.78, 5) is 30.5. The zero-order chi connectivity index (χ0) is 31.4. The van der Waals surface area contributed by atoms with Crippen LogP contribution in [0, 0.1) is 12.2 Å². The topological polar surface area (TPSA) is 103 Å². The molecule has 1 atom stereocenters. The van der Waals surface area contributed by atoms with Crippen LogP contribution in [0.1, 0.15) is 73.8 Å². The standard InChI is InChI=1S/C34H46N6O3/c1-23(2)19-25(4)40(18-17-39-21-33(5,6)38-34(7,8)30(39)42)31-35-22-36-32(37-31)43-29-15-9-26(10-16-29)20-24(3)27-11-13-28(41)14-12-27/h9-11,13-16,23,25,38H,12,17-21H2,1-8H3. The van der Waals surface area contributed by atoms with E-state index in [1.54, 1.807) is 12.2 Å². The number of benzene rings is 1. The highest BCUT2D eigenvalue weighted by Gasteiger charge is 2.43. The Morgan fingerprint density at radius 3 is 2.49 bits per heavy atom. The third kappa shape index (κ3) is 8.66. The van der Waals surface area contributed by atoms with E-state index in [4.69, 9.17) is 4.74 Å². The van der Waals surface area contributed by atoms with Crippen molar-refractivity contribution < 1.29 is 14.6 Å². The maximum Gasteiger partial charge on any atom is 0.327 e. The predicted octanol–water partition coefficient (Wildman–Crippen LogP) is 5.83. The number of carbonyl (C=O) groups is 1. The minimum absolute atomic E-state index is 0.0667. The molecule has 43 heavy (non-hydrogen) atoms. The minimum atomic E-state index is -0.630. The highest BCUT2D eigenvalue weighted by atomic mass is 16.5. The van der Waals surface area contributed by atoms with Crippen molar-refractivity contribution in [1.29, 1.82) is 0 Å². The molecule has 2 aliphatic rings. The lowest BCUT2D eigenvalue weighted by Crippen LogP contribution is -2.70. The van der Waals surface area contributed by atoms with E-state index in [0.717, 1.165) is 18.4 Å². The average Bonchev–Trinajstić information content (AvgIpc) is 2.92. The largest absolute Gasteiger partial charge is 0.424 e. The minimum Gasteiger partial charge on any atom is -0.424 e. The summed E-state index contributed by atoms with van der Waals surface area (Å²) in [6.07, 6.45) is 10.4. The Balaban J connectivity index is 1.46. The Morgan fingerprint density at radius 2 is 1.84 bits per heavy atom. The molecule has 1 aliphatic carbocycles. The molecule has 0 spiro atoms. The van der Waals surface area contributed by atoms with Gasteiger partial charge in [-0.25, -0.2) is 0 Å². The molecule has 230 valence electrons. The lowest BCUT2D eigenvalue weighted by atomic mass is 9.90. The number of anilines is 1. The molecule has 0 saturated carbocycles. The molecule has 2 heterocycles. The summed E-state index contributed by atoms with van der Waals surface area (Å²) in [6.45, 7) is 18.5. The molecule has 1 aliphatic heterocycles. The van der Waals surface area contributed by atoms with Crippen LogP contribution in [0.3, 0.4) is 0 Å². The molecule has 2 radical (unpaired) electrons. The second kappa shape index (κ2) is 13.3. The summed E-state index contributed by atoms with van der Waals surface area (Å²) in [7, 11) is 0. The normalized spacial score (nSPS) is 19.7. The summed E-state index contributed by atoms with van der Waals surface area (Å²) >= 11 is 0. The van der Waals surface area contributed by atoms with Crippen molar-refractivity contribution in [2.24, 2.45) is 5.92 Å². The lowest BCUT2D eigenvalue weighted by Gasteiger charge is -2.47. The molecule has 1 amide bonds. The van der Waals surface area contributed by atoms with Gasteiger partial charge in [0.25, 0.3) is 0 Å². The molecule has 1 aromatic heterocycles. The number of piperazine rings is 1. The third-order valence-electron chi connectivity index (χ3n) is 7.88. The number of nitrogens with zero attached hydrogens (tertiary/aromatic N) is 5. The van der Waals surface area contributed by atoms with Crippen LogP contribution >= 0.6 is 0 Å². The van der Waals surface area contributed by atoms with Crippen LogP contribution in [-0.2, 0) is 16.3 Å². The number of hydrogen-bond donors (Lipinski definition) is 1. The highest BCUT2D eigenvalue weighted by molar-refractivity contribution is 5.86. The number of nitrogens with one attached hydrogen (secondary N) is 1. The van der Waals surface area contributed by atoms with Crippen LogP contribution in [0.15, 0.2) is 59.4 Å².